The number of ether oxygens (including phenoxy) is 2. The molecule has 0 aromatic heterocycles. The minimum Gasteiger partial charge on any atom is -0.493 e. The average molecular weight is 439 g/mol. The van der Waals surface area contributed by atoms with Crippen molar-refractivity contribution >= 4 is 40.9 Å². The van der Waals surface area contributed by atoms with Crippen LogP contribution in [-0.2, 0) is 9.59 Å². The van der Waals surface area contributed by atoms with Crippen molar-refractivity contribution in [2.75, 3.05) is 12.0 Å². The molecule has 3 rings (SSSR count). The van der Waals surface area contributed by atoms with Gasteiger partial charge in [0, 0.05) is 5.56 Å². The number of carbonyl (C=O) groups excluding carboxylic acids is 2. The van der Waals surface area contributed by atoms with E-state index in [-0.39, 0.29) is 16.8 Å². The lowest BCUT2D eigenvalue weighted by molar-refractivity contribution is -0.122. The van der Waals surface area contributed by atoms with Gasteiger partial charge in [0.25, 0.3) is 11.8 Å². The largest absolute Gasteiger partial charge is 0.493 e. The summed E-state index contributed by atoms with van der Waals surface area (Å²) in [5.41, 5.74) is 2.26. The molecule has 7 heteroatoms. The first kappa shape index (κ1) is 22.5. The van der Waals surface area contributed by atoms with Crippen molar-refractivity contribution in [2.24, 2.45) is 0 Å². The molecule has 2 aromatic carbocycles. The molecule has 0 unspecified atom stereocenters. The minimum atomic E-state index is -0.552. The van der Waals surface area contributed by atoms with Crippen molar-refractivity contribution in [3.63, 3.8) is 0 Å². The average Bonchev–Trinajstić information content (AvgIpc) is 2.71. The predicted octanol–water partition coefficient (Wildman–Crippen LogP) is 4.44. The van der Waals surface area contributed by atoms with E-state index in [4.69, 9.17) is 21.7 Å². The second-order valence-corrected chi connectivity index (χ2v) is 8.14. The highest BCUT2D eigenvalue weighted by atomic mass is 32.1. The number of amides is 2. The van der Waals surface area contributed by atoms with Crippen LogP contribution >= 0.6 is 12.2 Å². The Morgan fingerprint density at radius 3 is 2.29 bits per heavy atom. The van der Waals surface area contributed by atoms with Crippen LogP contribution in [0.3, 0.4) is 0 Å². The molecule has 0 aliphatic carbocycles. The Morgan fingerprint density at radius 1 is 1.03 bits per heavy atom. The van der Waals surface area contributed by atoms with Gasteiger partial charge in [0.05, 0.1) is 18.9 Å². The van der Waals surface area contributed by atoms with Gasteiger partial charge in [-0.25, -0.2) is 0 Å². The SMILES string of the molecule is COc1cccc(/C=C2\C(=O)NC(=S)N(c3ccc(C(C)C)cc3)C2=O)c1OC(C)C. The number of benzene rings is 2. The summed E-state index contributed by atoms with van der Waals surface area (Å²) in [7, 11) is 1.54. The van der Waals surface area contributed by atoms with E-state index in [0.717, 1.165) is 5.56 Å². The van der Waals surface area contributed by atoms with Gasteiger partial charge in [-0.2, -0.15) is 0 Å². The highest BCUT2D eigenvalue weighted by molar-refractivity contribution is 7.80. The van der Waals surface area contributed by atoms with E-state index in [9.17, 15) is 9.59 Å². The minimum absolute atomic E-state index is 0.0385. The summed E-state index contributed by atoms with van der Waals surface area (Å²) >= 11 is 5.29. The third-order valence-electron chi connectivity index (χ3n) is 4.80. The van der Waals surface area contributed by atoms with Gasteiger partial charge in [-0.15, -0.1) is 0 Å². The molecule has 1 aliphatic rings. The number of methoxy groups -OCH3 is 1. The number of nitrogens with one attached hydrogen (secondary N) is 1. The number of para-hydroxylation sites is 1. The third-order valence-corrected chi connectivity index (χ3v) is 5.09. The van der Waals surface area contributed by atoms with Gasteiger partial charge in [0.15, 0.2) is 16.6 Å². The Labute approximate surface area is 187 Å². The lowest BCUT2D eigenvalue weighted by Gasteiger charge is -2.29. The number of hydrogen-bond donors (Lipinski definition) is 1. The number of rotatable bonds is 6. The first-order valence-corrected chi connectivity index (χ1v) is 10.5. The molecule has 0 spiro atoms. The summed E-state index contributed by atoms with van der Waals surface area (Å²) in [6.45, 7) is 7.97. The summed E-state index contributed by atoms with van der Waals surface area (Å²) < 4.78 is 11.3. The van der Waals surface area contributed by atoms with Crippen molar-refractivity contribution in [1.82, 2.24) is 5.32 Å². The van der Waals surface area contributed by atoms with Crippen molar-refractivity contribution < 1.29 is 19.1 Å². The van der Waals surface area contributed by atoms with E-state index in [0.29, 0.717) is 28.7 Å². The molecule has 31 heavy (non-hydrogen) atoms. The fourth-order valence-electron chi connectivity index (χ4n) is 3.22. The first-order valence-electron chi connectivity index (χ1n) is 10.1. The molecule has 0 bridgehead atoms. The van der Waals surface area contributed by atoms with Crippen molar-refractivity contribution in [3.8, 4) is 11.5 Å². The molecule has 2 aromatic rings. The Bertz CT molecular complexity index is 1040. The molecule has 0 atom stereocenters. The zero-order valence-corrected chi connectivity index (χ0v) is 19.1. The smallest absolute Gasteiger partial charge is 0.270 e. The summed E-state index contributed by atoms with van der Waals surface area (Å²) in [4.78, 5) is 27.3. The van der Waals surface area contributed by atoms with Crippen LogP contribution in [0.1, 0.15) is 44.7 Å². The lowest BCUT2D eigenvalue weighted by atomic mass is 10.0. The molecule has 6 nitrogen and oxygen atoms in total. The van der Waals surface area contributed by atoms with E-state index < -0.39 is 11.8 Å². The Balaban J connectivity index is 2.03. The first-order chi connectivity index (χ1) is 14.7. The van der Waals surface area contributed by atoms with Crippen LogP contribution in [0.4, 0.5) is 5.69 Å². The summed E-state index contributed by atoms with van der Waals surface area (Å²) in [6, 6.07) is 12.9. The van der Waals surface area contributed by atoms with Gasteiger partial charge in [-0.05, 0) is 61.8 Å². The van der Waals surface area contributed by atoms with Crippen LogP contribution in [0, 0.1) is 0 Å². The lowest BCUT2D eigenvalue weighted by Crippen LogP contribution is -2.54. The van der Waals surface area contributed by atoms with Gasteiger partial charge in [-0.3, -0.25) is 19.8 Å². The molecule has 1 aliphatic heterocycles. The summed E-state index contributed by atoms with van der Waals surface area (Å²) in [5, 5.41) is 2.66. The Kier molecular flexibility index (Phi) is 6.75. The molecule has 162 valence electrons. The highest BCUT2D eigenvalue weighted by Gasteiger charge is 2.34. The maximum Gasteiger partial charge on any atom is 0.270 e. The van der Waals surface area contributed by atoms with Crippen molar-refractivity contribution in [1.29, 1.82) is 0 Å². The number of nitrogens with zero attached hydrogens (tertiary/aromatic N) is 1. The molecule has 2 amide bonds. The standard InChI is InChI=1S/C24H26N2O4S/c1-14(2)16-9-11-18(12-10-16)26-23(28)19(22(27)25-24(26)31)13-17-7-6-8-20(29-5)21(17)30-15(3)4/h6-15H,1-5H3,(H,25,27,31)/b19-13+. The maximum atomic E-state index is 13.3. The molecule has 0 radical (unpaired) electrons. The molecule has 1 N–H and O–H groups in total. The molecule has 1 fully saturated rings. The monoisotopic (exact) mass is 438 g/mol. The van der Waals surface area contributed by atoms with Crippen molar-refractivity contribution in [2.45, 2.75) is 39.7 Å². The number of thiocarbonyl (C=S) groups is 1. The van der Waals surface area contributed by atoms with E-state index in [1.807, 2.05) is 38.1 Å². The molecular formula is C24H26N2O4S. The predicted molar refractivity (Wildman–Crippen MR) is 125 cm³/mol. The number of carbonyl (C=O) groups is 2. The van der Waals surface area contributed by atoms with Gasteiger partial charge < -0.3 is 9.47 Å². The second kappa shape index (κ2) is 9.31. The second-order valence-electron chi connectivity index (χ2n) is 7.75. The summed E-state index contributed by atoms with van der Waals surface area (Å²) in [6.07, 6.45) is 1.39. The molecular weight excluding hydrogens is 412 g/mol. The van der Waals surface area contributed by atoms with E-state index in [1.54, 1.807) is 25.3 Å². The summed E-state index contributed by atoms with van der Waals surface area (Å²) in [5.74, 6) is 0.297. The van der Waals surface area contributed by atoms with E-state index in [1.165, 1.54) is 11.0 Å². The van der Waals surface area contributed by atoms with Gasteiger partial charge in [-0.1, -0.05) is 38.1 Å². The molecule has 0 saturated carbocycles. The third kappa shape index (κ3) is 4.77. The Morgan fingerprint density at radius 2 is 1.71 bits per heavy atom. The quantitative estimate of drug-likeness (QED) is 0.410. The zero-order chi connectivity index (χ0) is 22.7. The fourth-order valence-corrected chi connectivity index (χ4v) is 3.51. The van der Waals surface area contributed by atoms with E-state index in [2.05, 4.69) is 19.2 Å². The maximum absolute atomic E-state index is 13.3. The normalized spacial score (nSPS) is 15.6. The topological polar surface area (TPSA) is 67.9 Å². The van der Waals surface area contributed by atoms with Crippen LogP contribution in [0.5, 0.6) is 11.5 Å². The number of anilines is 1. The molecule has 1 heterocycles. The van der Waals surface area contributed by atoms with Crippen LogP contribution in [0.15, 0.2) is 48.0 Å². The molecule has 1 saturated heterocycles. The highest BCUT2D eigenvalue weighted by Crippen LogP contribution is 2.34. The number of hydrogen-bond acceptors (Lipinski definition) is 5. The van der Waals surface area contributed by atoms with Gasteiger partial charge in [0.1, 0.15) is 5.57 Å². The fraction of sp³-hybridized carbons (Fsp3) is 0.292. The zero-order valence-electron chi connectivity index (χ0n) is 18.3. The van der Waals surface area contributed by atoms with E-state index >= 15 is 0 Å². The van der Waals surface area contributed by atoms with Crippen LogP contribution in [0.2, 0.25) is 0 Å². The van der Waals surface area contributed by atoms with Crippen molar-refractivity contribution in [3.05, 3.63) is 59.2 Å². The van der Waals surface area contributed by atoms with Gasteiger partial charge in [0.2, 0.25) is 0 Å². The van der Waals surface area contributed by atoms with Crippen LogP contribution in [0.25, 0.3) is 6.08 Å². The van der Waals surface area contributed by atoms with Gasteiger partial charge >= 0.3 is 0 Å². The van der Waals surface area contributed by atoms with Crippen LogP contribution < -0.4 is 19.7 Å². The Hall–Kier alpha value is -3.19. The van der Waals surface area contributed by atoms with Crippen LogP contribution in [-0.4, -0.2) is 30.1 Å².